The van der Waals surface area contributed by atoms with Gasteiger partial charge in [0, 0.05) is 11.3 Å². The van der Waals surface area contributed by atoms with Crippen LogP contribution in [0.2, 0.25) is 0 Å². The molecule has 29 heavy (non-hydrogen) atoms. The number of carbonyl (C=O) groups excluding carboxylic acids is 2. The molecule has 2 amide bonds. The summed E-state index contributed by atoms with van der Waals surface area (Å²) < 4.78 is 11.1. The molecule has 0 spiro atoms. The molecule has 2 aromatic rings. The summed E-state index contributed by atoms with van der Waals surface area (Å²) in [6, 6.07) is 11.7. The molecule has 0 fully saturated rings. The van der Waals surface area contributed by atoms with Crippen molar-refractivity contribution >= 4 is 23.5 Å². The molecule has 1 aliphatic rings. The van der Waals surface area contributed by atoms with Gasteiger partial charge in [-0.15, -0.1) is 0 Å². The highest BCUT2D eigenvalue weighted by atomic mass is 16.6. The molecule has 1 aliphatic heterocycles. The number of nitrogens with one attached hydrogen (secondary N) is 2. The number of rotatable bonds is 6. The number of hydrogen-bond donors (Lipinski definition) is 3. The van der Waals surface area contributed by atoms with Gasteiger partial charge in [-0.05, 0) is 55.8 Å². The highest BCUT2D eigenvalue weighted by Crippen LogP contribution is 2.35. The van der Waals surface area contributed by atoms with Gasteiger partial charge < -0.3 is 25.2 Å². The first-order valence-electron chi connectivity index (χ1n) is 9.09. The van der Waals surface area contributed by atoms with Gasteiger partial charge in [0.05, 0.1) is 5.41 Å². The maximum Gasteiger partial charge on any atom is 0.322 e. The van der Waals surface area contributed by atoms with Crippen LogP contribution in [0.25, 0.3) is 0 Å². The SMILES string of the molecule is CC(C)(C(=O)Nc1ccc(C(=O)NCC(=O)O)cc1)c1ccc2c(c1)OCCO2. The Hall–Kier alpha value is -3.55. The fourth-order valence-electron chi connectivity index (χ4n) is 2.81. The summed E-state index contributed by atoms with van der Waals surface area (Å²) in [6.45, 7) is 4.12. The minimum Gasteiger partial charge on any atom is -0.486 e. The Morgan fingerprint density at radius 1 is 1.00 bits per heavy atom. The molecule has 0 unspecified atom stereocenters. The summed E-state index contributed by atoms with van der Waals surface area (Å²) in [5.41, 5.74) is 0.766. The first-order valence-corrected chi connectivity index (χ1v) is 9.09. The van der Waals surface area contributed by atoms with Crippen LogP contribution >= 0.6 is 0 Å². The van der Waals surface area contributed by atoms with Gasteiger partial charge in [0.2, 0.25) is 5.91 Å². The number of benzene rings is 2. The summed E-state index contributed by atoms with van der Waals surface area (Å²) in [7, 11) is 0. The van der Waals surface area contributed by atoms with Crippen molar-refractivity contribution in [3.8, 4) is 11.5 Å². The number of anilines is 1. The lowest BCUT2D eigenvalue weighted by Gasteiger charge is -2.26. The van der Waals surface area contributed by atoms with Crippen molar-refractivity contribution in [2.24, 2.45) is 0 Å². The lowest BCUT2D eigenvalue weighted by molar-refractivity contribution is -0.135. The largest absolute Gasteiger partial charge is 0.486 e. The zero-order valence-corrected chi connectivity index (χ0v) is 16.2. The smallest absolute Gasteiger partial charge is 0.322 e. The number of amides is 2. The van der Waals surface area contributed by atoms with Crippen LogP contribution in [-0.4, -0.2) is 42.6 Å². The van der Waals surface area contributed by atoms with Crippen molar-refractivity contribution in [1.82, 2.24) is 5.32 Å². The van der Waals surface area contributed by atoms with Gasteiger partial charge in [0.1, 0.15) is 19.8 Å². The van der Waals surface area contributed by atoms with Gasteiger partial charge >= 0.3 is 5.97 Å². The van der Waals surface area contributed by atoms with E-state index >= 15 is 0 Å². The molecule has 0 aromatic heterocycles. The molecule has 0 bridgehead atoms. The molecule has 2 aromatic carbocycles. The van der Waals surface area contributed by atoms with E-state index < -0.39 is 23.8 Å². The van der Waals surface area contributed by atoms with Gasteiger partial charge in [-0.2, -0.15) is 0 Å². The van der Waals surface area contributed by atoms with E-state index in [2.05, 4.69) is 10.6 Å². The Labute approximate surface area is 167 Å². The van der Waals surface area contributed by atoms with Crippen LogP contribution in [0.1, 0.15) is 29.8 Å². The predicted molar refractivity (Wildman–Crippen MR) is 105 cm³/mol. The lowest BCUT2D eigenvalue weighted by atomic mass is 9.83. The van der Waals surface area contributed by atoms with E-state index in [0.29, 0.717) is 36.0 Å². The first-order chi connectivity index (χ1) is 13.8. The topological polar surface area (TPSA) is 114 Å². The van der Waals surface area contributed by atoms with Crippen molar-refractivity contribution in [3.05, 3.63) is 53.6 Å². The standard InChI is InChI=1S/C21H22N2O6/c1-21(2,14-5-8-16-17(11-14)29-10-9-28-16)20(27)23-15-6-3-13(4-7-15)19(26)22-12-18(24)25/h3-8,11H,9-10,12H2,1-2H3,(H,22,26)(H,23,27)(H,24,25). The van der Waals surface area contributed by atoms with Crippen molar-refractivity contribution < 1.29 is 29.0 Å². The third-order valence-electron chi connectivity index (χ3n) is 4.64. The van der Waals surface area contributed by atoms with Crippen LogP contribution in [0, 0.1) is 0 Å². The third-order valence-corrected chi connectivity index (χ3v) is 4.64. The molecule has 0 saturated carbocycles. The molecule has 3 N–H and O–H groups in total. The van der Waals surface area contributed by atoms with Crippen molar-refractivity contribution in [2.75, 3.05) is 25.1 Å². The zero-order chi connectivity index (χ0) is 21.0. The monoisotopic (exact) mass is 398 g/mol. The van der Waals surface area contributed by atoms with E-state index in [0.717, 1.165) is 5.56 Å². The summed E-state index contributed by atoms with van der Waals surface area (Å²) >= 11 is 0. The molecular weight excluding hydrogens is 376 g/mol. The van der Waals surface area contributed by atoms with Crippen molar-refractivity contribution in [1.29, 1.82) is 0 Å². The molecular formula is C21H22N2O6. The van der Waals surface area contributed by atoms with Crippen LogP contribution in [0.4, 0.5) is 5.69 Å². The van der Waals surface area contributed by atoms with Crippen LogP contribution < -0.4 is 20.1 Å². The van der Waals surface area contributed by atoms with Crippen molar-refractivity contribution in [3.63, 3.8) is 0 Å². The summed E-state index contributed by atoms with van der Waals surface area (Å²) in [6.07, 6.45) is 0. The predicted octanol–water partition coefficient (Wildman–Crippen LogP) is 2.19. The molecule has 1 heterocycles. The second-order valence-corrected chi connectivity index (χ2v) is 7.09. The average Bonchev–Trinajstić information content (AvgIpc) is 2.72. The molecule has 8 nitrogen and oxygen atoms in total. The zero-order valence-electron chi connectivity index (χ0n) is 16.2. The third kappa shape index (κ3) is 4.66. The second-order valence-electron chi connectivity index (χ2n) is 7.09. The number of fused-ring (bicyclic) bond motifs is 1. The maximum absolute atomic E-state index is 12.9. The summed E-state index contributed by atoms with van der Waals surface area (Å²) in [4.78, 5) is 35.3. The van der Waals surface area contributed by atoms with E-state index in [9.17, 15) is 14.4 Å². The number of carbonyl (C=O) groups is 3. The highest BCUT2D eigenvalue weighted by molar-refractivity contribution is 6.00. The van der Waals surface area contributed by atoms with Gasteiger partial charge in [-0.25, -0.2) is 0 Å². The molecule has 8 heteroatoms. The first kappa shape index (κ1) is 20.2. The van der Waals surface area contributed by atoms with E-state index in [1.54, 1.807) is 18.2 Å². The Balaban J connectivity index is 1.69. The Morgan fingerprint density at radius 2 is 1.66 bits per heavy atom. The normalized spacial score (nSPS) is 12.8. The number of carboxylic acid groups (broad SMARTS) is 1. The van der Waals surface area contributed by atoms with Crippen LogP contribution in [0.3, 0.4) is 0 Å². The second kappa shape index (κ2) is 8.22. The molecule has 3 rings (SSSR count). The number of hydrogen-bond acceptors (Lipinski definition) is 5. The molecule has 0 saturated heterocycles. The van der Waals surface area contributed by atoms with Crippen LogP contribution in [0.15, 0.2) is 42.5 Å². The Morgan fingerprint density at radius 3 is 2.31 bits per heavy atom. The number of aliphatic carboxylic acids is 1. The fourth-order valence-corrected chi connectivity index (χ4v) is 2.81. The van der Waals surface area contributed by atoms with Gasteiger partial charge in [-0.1, -0.05) is 6.07 Å². The number of ether oxygens (including phenoxy) is 2. The molecule has 152 valence electrons. The molecule has 0 atom stereocenters. The Bertz CT molecular complexity index is 937. The van der Waals surface area contributed by atoms with E-state index in [4.69, 9.17) is 14.6 Å². The van der Waals surface area contributed by atoms with Gasteiger partial charge in [-0.3, -0.25) is 14.4 Å². The average molecular weight is 398 g/mol. The minimum atomic E-state index is -1.12. The Kier molecular flexibility index (Phi) is 5.72. The molecule has 0 aliphatic carbocycles. The quantitative estimate of drug-likeness (QED) is 0.687. The lowest BCUT2D eigenvalue weighted by Crippen LogP contribution is -2.35. The number of carboxylic acids is 1. The fraction of sp³-hybridized carbons (Fsp3) is 0.286. The van der Waals surface area contributed by atoms with Crippen LogP contribution in [-0.2, 0) is 15.0 Å². The van der Waals surface area contributed by atoms with E-state index in [1.807, 2.05) is 26.0 Å². The minimum absolute atomic E-state index is 0.225. The molecule has 0 radical (unpaired) electrons. The van der Waals surface area contributed by atoms with E-state index in [-0.39, 0.29) is 5.91 Å². The maximum atomic E-state index is 12.9. The van der Waals surface area contributed by atoms with E-state index in [1.165, 1.54) is 12.1 Å². The summed E-state index contributed by atoms with van der Waals surface area (Å²) in [5, 5.41) is 13.7. The van der Waals surface area contributed by atoms with Gasteiger partial charge in [0.15, 0.2) is 11.5 Å². The van der Waals surface area contributed by atoms with Crippen LogP contribution in [0.5, 0.6) is 11.5 Å². The highest BCUT2D eigenvalue weighted by Gasteiger charge is 2.31. The summed E-state index contributed by atoms with van der Waals surface area (Å²) in [5.74, 6) is -0.568. The van der Waals surface area contributed by atoms with Crippen molar-refractivity contribution in [2.45, 2.75) is 19.3 Å². The van der Waals surface area contributed by atoms with Gasteiger partial charge in [0.25, 0.3) is 5.91 Å².